The number of benzene rings is 2. The molecule has 0 spiro atoms. The Balaban J connectivity index is 1.95. The van der Waals surface area contributed by atoms with Crippen LogP contribution in [0.5, 0.6) is 0 Å². The largest absolute Gasteiger partial charge is 0.444 e. The van der Waals surface area contributed by atoms with Gasteiger partial charge in [0.2, 0.25) is 0 Å². The van der Waals surface area contributed by atoms with Crippen molar-refractivity contribution >= 4 is 18.4 Å². The number of hydrogen-bond acceptors (Lipinski definition) is 4. The van der Waals surface area contributed by atoms with Gasteiger partial charge in [-0.2, -0.15) is 13.2 Å². The number of allylic oxidation sites excluding steroid dienone is 1. The van der Waals surface area contributed by atoms with Crippen molar-refractivity contribution in [3.05, 3.63) is 82.3 Å². The number of alkyl halides is 3. The zero-order valence-corrected chi connectivity index (χ0v) is 21.4. The number of nitrogens with zero attached hydrogens (tertiary/aromatic N) is 2. The molecule has 0 radical (unpaired) electrons. The van der Waals surface area contributed by atoms with Gasteiger partial charge in [-0.3, -0.25) is 9.69 Å². The quantitative estimate of drug-likeness (QED) is 0.358. The van der Waals surface area contributed by atoms with Gasteiger partial charge >= 0.3 is 18.3 Å². The molecule has 0 aromatic heterocycles. The van der Waals surface area contributed by atoms with Crippen LogP contribution < -0.4 is 5.32 Å². The van der Waals surface area contributed by atoms with Gasteiger partial charge in [0, 0.05) is 23.4 Å². The van der Waals surface area contributed by atoms with Crippen molar-refractivity contribution in [3.8, 4) is 0 Å². The third-order valence-corrected chi connectivity index (χ3v) is 5.91. The Hall–Kier alpha value is -3.89. The number of urea groups is 1. The standard InChI is InChI=1S/C27H29F4N3O4/c1-17-19(16-35)13-33(15-23(18-9-6-5-7-10-18)32-24(36)38-26(2,3)4)25(37)34(17)14-20-21(27(29,30)31)11-8-12-22(20)28/h5-12,16,23H,13-15H2,1-4H3,(H,32,36)/t23-/m0/s1. The lowest BCUT2D eigenvalue weighted by Crippen LogP contribution is -2.51. The van der Waals surface area contributed by atoms with Crippen LogP contribution in [0.1, 0.15) is 50.4 Å². The van der Waals surface area contributed by atoms with Crippen LogP contribution in [0.25, 0.3) is 0 Å². The molecule has 38 heavy (non-hydrogen) atoms. The molecular formula is C27H29F4N3O4. The Bertz CT molecular complexity index is 1220. The molecule has 2 aromatic rings. The van der Waals surface area contributed by atoms with Crippen molar-refractivity contribution in [1.29, 1.82) is 0 Å². The number of carbonyl (C=O) groups is 3. The highest BCUT2D eigenvalue weighted by Crippen LogP contribution is 2.35. The summed E-state index contributed by atoms with van der Waals surface area (Å²) in [6.45, 7) is 5.48. The number of hydrogen-bond donors (Lipinski definition) is 1. The van der Waals surface area contributed by atoms with Crippen molar-refractivity contribution in [2.45, 2.75) is 52.1 Å². The van der Waals surface area contributed by atoms with Gasteiger partial charge in [0.15, 0.2) is 0 Å². The molecule has 2 aromatic carbocycles. The Morgan fingerprint density at radius 3 is 2.34 bits per heavy atom. The molecule has 3 amide bonds. The summed E-state index contributed by atoms with van der Waals surface area (Å²) in [4.78, 5) is 40.1. The Morgan fingerprint density at radius 1 is 1.11 bits per heavy atom. The van der Waals surface area contributed by atoms with Crippen molar-refractivity contribution in [3.63, 3.8) is 0 Å². The molecular weight excluding hydrogens is 506 g/mol. The average molecular weight is 536 g/mol. The number of ether oxygens (including phenoxy) is 1. The minimum absolute atomic E-state index is 0.119. The number of nitrogens with one attached hydrogen (secondary N) is 1. The summed E-state index contributed by atoms with van der Waals surface area (Å²) in [6.07, 6.45) is -5.08. The maximum absolute atomic E-state index is 14.6. The van der Waals surface area contributed by atoms with E-state index in [0.29, 0.717) is 11.8 Å². The molecule has 0 bridgehead atoms. The van der Waals surface area contributed by atoms with E-state index >= 15 is 0 Å². The van der Waals surface area contributed by atoms with Gasteiger partial charge in [0.1, 0.15) is 17.7 Å². The molecule has 1 N–H and O–H groups in total. The predicted molar refractivity (Wildman–Crippen MR) is 131 cm³/mol. The van der Waals surface area contributed by atoms with E-state index in [0.717, 1.165) is 23.1 Å². The average Bonchev–Trinajstić information content (AvgIpc) is 2.82. The van der Waals surface area contributed by atoms with Gasteiger partial charge < -0.3 is 15.0 Å². The van der Waals surface area contributed by atoms with E-state index in [4.69, 9.17) is 4.74 Å². The summed E-state index contributed by atoms with van der Waals surface area (Å²) in [6, 6.07) is 9.74. The fraction of sp³-hybridized carbons (Fsp3) is 0.370. The molecule has 7 nitrogen and oxygen atoms in total. The lowest BCUT2D eigenvalue weighted by atomic mass is 10.0. The summed E-state index contributed by atoms with van der Waals surface area (Å²) < 4.78 is 60.7. The van der Waals surface area contributed by atoms with Crippen LogP contribution in [0, 0.1) is 5.82 Å². The van der Waals surface area contributed by atoms with Crippen molar-refractivity contribution in [1.82, 2.24) is 15.1 Å². The molecule has 0 saturated carbocycles. The molecule has 0 fully saturated rings. The van der Waals surface area contributed by atoms with Gasteiger partial charge in [-0.1, -0.05) is 36.4 Å². The smallest absolute Gasteiger partial charge is 0.416 e. The second kappa shape index (κ2) is 11.2. The molecule has 0 unspecified atom stereocenters. The number of aldehydes is 1. The zero-order chi connectivity index (χ0) is 28.3. The summed E-state index contributed by atoms with van der Waals surface area (Å²) in [5.41, 5.74) is -1.83. The first-order valence-electron chi connectivity index (χ1n) is 11.8. The third kappa shape index (κ3) is 6.90. The lowest BCUT2D eigenvalue weighted by molar-refractivity contribution is -0.138. The van der Waals surface area contributed by atoms with Gasteiger partial charge in [-0.15, -0.1) is 0 Å². The number of rotatable bonds is 7. The fourth-order valence-corrected chi connectivity index (χ4v) is 4.06. The van der Waals surface area contributed by atoms with Gasteiger partial charge in [0.25, 0.3) is 0 Å². The van der Waals surface area contributed by atoms with Crippen molar-refractivity contribution in [2.75, 3.05) is 13.1 Å². The summed E-state index contributed by atoms with van der Waals surface area (Å²) >= 11 is 0. The van der Waals surface area contributed by atoms with Crippen LogP contribution in [0.2, 0.25) is 0 Å². The molecule has 204 valence electrons. The fourth-order valence-electron chi connectivity index (χ4n) is 4.06. The molecule has 1 heterocycles. The van der Waals surface area contributed by atoms with E-state index in [1.807, 2.05) is 0 Å². The van der Waals surface area contributed by atoms with E-state index < -0.39 is 53.4 Å². The van der Waals surface area contributed by atoms with Crippen molar-refractivity contribution in [2.24, 2.45) is 0 Å². The Labute approximate surface area is 218 Å². The van der Waals surface area contributed by atoms with Crippen LogP contribution >= 0.6 is 0 Å². The summed E-state index contributed by atoms with van der Waals surface area (Å²) in [7, 11) is 0. The monoisotopic (exact) mass is 535 g/mol. The highest BCUT2D eigenvalue weighted by Gasteiger charge is 2.38. The normalized spacial score (nSPS) is 15.4. The van der Waals surface area contributed by atoms with Crippen LogP contribution in [0.15, 0.2) is 59.8 Å². The summed E-state index contributed by atoms with van der Waals surface area (Å²) in [5.74, 6) is -1.13. The van der Waals surface area contributed by atoms with Gasteiger partial charge in [-0.05, 0) is 45.4 Å². The topological polar surface area (TPSA) is 79.0 Å². The molecule has 11 heteroatoms. The first kappa shape index (κ1) is 28.7. The maximum Gasteiger partial charge on any atom is 0.416 e. The minimum Gasteiger partial charge on any atom is -0.444 e. The van der Waals surface area contributed by atoms with E-state index in [9.17, 15) is 31.9 Å². The molecule has 0 aliphatic carbocycles. The molecule has 1 aliphatic heterocycles. The molecule has 0 saturated heterocycles. The SMILES string of the molecule is CC1=C(C=O)CN(C[C@H](NC(=O)OC(C)(C)C)c2ccccc2)C(=O)N1Cc1c(F)cccc1C(F)(F)F. The van der Waals surface area contributed by atoms with Gasteiger partial charge in [0.05, 0.1) is 24.7 Å². The number of alkyl carbamates (subject to hydrolysis) is 1. The zero-order valence-electron chi connectivity index (χ0n) is 21.4. The predicted octanol–water partition coefficient (Wildman–Crippen LogP) is 5.82. The second-order valence-corrected chi connectivity index (χ2v) is 9.85. The van der Waals surface area contributed by atoms with E-state index in [1.165, 1.54) is 11.8 Å². The second-order valence-electron chi connectivity index (χ2n) is 9.85. The third-order valence-electron chi connectivity index (χ3n) is 5.91. The Morgan fingerprint density at radius 2 is 1.76 bits per heavy atom. The first-order chi connectivity index (χ1) is 17.7. The lowest BCUT2D eigenvalue weighted by Gasteiger charge is -2.38. The van der Waals surface area contributed by atoms with Crippen LogP contribution in [-0.2, 0) is 22.3 Å². The van der Waals surface area contributed by atoms with Crippen LogP contribution in [0.4, 0.5) is 27.2 Å². The number of halogens is 4. The Kier molecular flexibility index (Phi) is 8.48. The van der Waals surface area contributed by atoms with Crippen LogP contribution in [0.3, 0.4) is 0 Å². The highest BCUT2D eigenvalue weighted by molar-refractivity contribution is 5.85. The van der Waals surface area contributed by atoms with E-state index in [2.05, 4.69) is 5.32 Å². The molecule has 1 aliphatic rings. The number of amides is 3. The van der Waals surface area contributed by atoms with Crippen molar-refractivity contribution < 1.29 is 36.7 Å². The minimum atomic E-state index is -4.85. The van der Waals surface area contributed by atoms with E-state index in [1.54, 1.807) is 51.1 Å². The number of carbonyl (C=O) groups excluding carboxylic acids is 3. The van der Waals surface area contributed by atoms with Crippen LogP contribution in [-0.4, -0.2) is 46.9 Å². The highest BCUT2D eigenvalue weighted by atomic mass is 19.4. The van der Waals surface area contributed by atoms with Gasteiger partial charge in [-0.25, -0.2) is 14.0 Å². The van der Waals surface area contributed by atoms with E-state index in [-0.39, 0.29) is 24.4 Å². The molecule has 1 atom stereocenters. The molecule has 3 rings (SSSR count). The first-order valence-corrected chi connectivity index (χ1v) is 11.8. The maximum atomic E-state index is 14.6. The summed E-state index contributed by atoms with van der Waals surface area (Å²) in [5, 5.41) is 2.72.